The van der Waals surface area contributed by atoms with Crippen LogP contribution in [0.5, 0.6) is 0 Å². The van der Waals surface area contributed by atoms with E-state index in [-0.39, 0.29) is 10.7 Å². The molecule has 1 rings (SSSR count). The van der Waals surface area contributed by atoms with Crippen LogP contribution in [0.1, 0.15) is 0 Å². The van der Waals surface area contributed by atoms with E-state index in [4.69, 9.17) is 18.2 Å². The fourth-order valence-corrected chi connectivity index (χ4v) is 0.781. The summed E-state index contributed by atoms with van der Waals surface area (Å²) in [5.74, 6) is -0.419. The van der Waals surface area contributed by atoms with E-state index in [0.29, 0.717) is 0 Å². The van der Waals surface area contributed by atoms with E-state index in [1.807, 2.05) is 0 Å². The monoisotopic (exact) mass is 155 g/mol. The first-order chi connectivity index (χ1) is 4.74. The van der Waals surface area contributed by atoms with Gasteiger partial charge in [-0.1, -0.05) is 17.7 Å². The second-order valence-corrected chi connectivity index (χ2v) is 2.11. The number of rotatable bonds is 0. The van der Waals surface area contributed by atoms with Gasteiger partial charge in [0.15, 0.2) is 0 Å². The van der Waals surface area contributed by atoms with E-state index in [0.717, 1.165) is 6.07 Å². The molecule has 10 heavy (non-hydrogen) atoms. The number of halogens is 2. The van der Waals surface area contributed by atoms with E-state index in [1.165, 1.54) is 12.1 Å². The van der Waals surface area contributed by atoms with Gasteiger partial charge in [0.25, 0.3) is 0 Å². The lowest BCUT2D eigenvalue weighted by atomic mass is 10.3. The quantitative estimate of drug-likeness (QED) is 0.508. The Hall–Kier alpha value is -1.07. The minimum absolute atomic E-state index is 0.162. The molecule has 1 aromatic carbocycles. The van der Waals surface area contributed by atoms with Crippen molar-refractivity contribution in [3.8, 4) is 0 Å². The molecule has 0 spiro atoms. The van der Waals surface area contributed by atoms with Gasteiger partial charge in [0, 0.05) is 5.02 Å². The highest BCUT2D eigenvalue weighted by molar-refractivity contribution is 6.33. The molecule has 0 aromatic heterocycles. The number of benzene rings is 1. The molecule has 0 saturated heterocycles. The van der Waals surface area contributed by atoms with E-state index < -0.39 is 5.82 Å². The Morgan fingerprint density at radius 1 is 1.50 bits per heavy atom. The molecular formula is C7H3ClFN. The Labute approximate surface area is 62.9 Å². The van der Waals surface area contributed by atoms with Crippen LogP contribution in [0.3, 0.4) is 0 Å². The Morgan fingerprint density at radius 2 is 2.20 bits per heavy atom. The van der Waals surface area contributed by atoms with Crippen LogP contribution in [0, 0.1) is 12.4 Å². The molecule has 0 aliphatic carbocycles. The second kappa shape index (κ2) is 2.68. The largest absolute Gasteiger partial charge is 0.237 e. The Morgan fingerprint density at radius 3 is 2.70 bits per heavy atom. The molecular weight excluding hydrogens is 153 g/mol. The number of hydrogen-bond acceptors (Lipinski definition) is 0. The normalized spacial score (nSPS) is 8.90. The maximum atomic E-state index is 12.3. The highest BCUT2D eigenvalue weighted by atomic mass is 35.5. The van der Waals surface area contributed by atoms with Gasteiger partial charge in [0.2, 0.25) is 5.69 Å². The van der Waals surface area contributed by atoms with Crippen LogP contribution in [-0.2, 0) is 0 Å². The standard InChI is InChI=1S/C7H3ClFN/c1-10-7-3-2-5(9)4-6(7)8/h2-4H. The summed E-state index contributed by atoms with van der Waals surface area (Å²) in [6.45, 7) is 6.57. The first-order valence-electron chi connectivity index (χ1n) is 2.56. The van der Waals surface area contributed by atoms with Crippen molar-refractivity contribution >= 4 is 17.3 Å². The molecule has 0 heterocycles. The molecule has 50 valence electrons. The zero-order valence-corrected chi connectivity index (χ0v) is 5.69. The Balaban J connectivity index is 3.23. The highest BCUT2D eigenvalue weighted by Gasteiger charge is 1.98. The number of nitrogens with zero attached hydrogens (tertiary/aromatic N) is 1. The van der Waals surface area contributed by atoms with Crippen molar-refractivity contribution in [1.29, 1.82) is 0 Å². The summed E-state index contributed by atoms with van der Waals surface area (Å²) < 4.78 is 12.3. The summed E-state index contributed by atoms with van der Waals surface area (Å²) in [4.78, 5) is 3.06. The maximum Gasteiger partial charge on any atom is 0.205 e. The van der Waals surface area contributed by atoms with Crippen molar-refractivity contribution in [3.63, 3.8) is 0 Å². The zero-order chi connectivity index (χ0) is 7.56. The molecule has 0 aliphatic heterocycles. The minimum atomic E-state index is -0.419. The zero-order valence-electron chi connectivity index (χ0n) is 4.94. The highest BCUT2D eigenvalue weighted by Crippen LogP contribution is 2.24. The fraction of sp³-hybridized carbons (Fsp3) is 0. The lowest BCUT2D eigenvalue weighted by molar-refractivity contribution is 0.628. The van der Waals surface area contributed by atoms with Gasteiger partial charge in [-0.3, -0.25) is 0 Å². The van der Waals surface area contributed by atoms with Crippen molar-refractivity contribution in [1.82, 2.24) is 0 Å². The van der Waals surface area contributed by atoms with Crippen LogP contribution >= 0.6 is 11.6 Å². The SMILES string of the molecule is [C-]#[N+]c1ccc(F)cc1Cl. The van der Waals surface area contributed by atoms with Crippen molar-refractivity contribution < 1.29 is 4.39 Å². The minimum Gasteiger partial charge on any atom is -0.237 e. The van der Waals surface area contributed by atoms with Crippen LogP contribution in [0.25, 0.3) is 4.85 Å². The topological polar surface area (TPSA) is 4.36 Å². The van der Waals surface area contributed by atoms with E-state index in [1.54, 1.807) is 0 Å². The molecule has 0 aliphatic rings. The number of hydrogen-bond donors (Lipinski definition) is 0. The molecule has 0 fully saturated rings. The first-order valence-corrected chi connectivity index (χ1v) is 2.94. The van der Waals surface area contributed by atoms with E-state index >= 15 is 0 Å². The molecule has 1 aromatic rings. The van der Waals surface area contributed by atoms with Gasteiger partial charge in [-0.25, -0.2) is 9.24 Å². The Kier molecular flexibility index (Phi) is 1.88. The first kappa shape index (κ1) is 7.04. The van der Waals surface area contributed by atoms with E-state index in [2.05, 4.69) is 4.85 Å². The van der Waals surface area contributed by atoms with Crippen LogP contribution in [0.2, 0.25) is 5.02 Å². The maximum absolute atomic E-state index is 12.3. The van der Waals surface area contributed by atoms with Gasteiger partial charge in [0.1, 0.15) is 5.82 Å². The average Bonchev–Trinajstić information content (AvgIpc) is 1.88. The molecule has 0 radical (unpaired) electrons. The summed E-state index contributed by atoms with van der Waals surface area (Å²) >= 11 is 5.48. The third-order valence-electron chi connectivity index (χ3n) is 1.03. The molecule has 0 bridgehead atoms. The third kappa shape index (κ3) is 1.26. The van der Waals surface area contributed by atoms with Crippen molar-refractivity contribution in [2.45, 2.75) is 0 Å². The smallest absolute Gasteiger partial charge is 0.205 e. The van der Waals surface area contributed by atoms with Gasteiger partial charge in [-0.05, 0) is 12.1 Å². The summed E-state index contributed by atoms with van der Waals surface area (Å²) in [7, 11) is 0. The van der Waals surface area contributed by atoms with Crippen molar-refractivity contribution in [2.75, 3.05) is 0 Å². The molecule has 0 amide bonds. The lowest BCUT2D eigenvalue weighted by Gasteiger charge is -1.91. The fourth-order valence-electron chi connectivity index (χ4n) is 0.572. The Bertz CT molecular complexity index is 290. The molecule has 0 saturated carbocycles. The molecule has 0 atom stereocenters. The van der Waals surface area contributed by atoms with Crippen LogP contribution in [-0.4, -0.2) is 0 Å². The van der Waals surface area contributed by atoms with Gasteiger partial charge in [-0.2, -0.15) is 0 Å². The predicted molar refractivity (Wildman–Crippen MR) is 37.7 cm³/mol. The third-order valence-corrected chi connectivity index (χ3v) is 1.33. The lowest BCUT2D eigenvalue weighted by Crippen LogP contribution is -1.70. The molecule has 0 N–H and O–H groups in total. The van der Waals surface area contributed by atoms with Gasteiger partial charge in [0.05, 0.1) is 6.57 Å². The second-order valence-electron chi connectivity index (χ2n) is 1.71. The molecule has 0 unspecified atom stereocenters. The summed E-state index contributed by atoms with van der Waals surface area (Å²) in [6, 6.07) is 3.68. The van der Waals surface area contributed by atoms with Crippen molar-refractivity contribution in [3.05, 3.63) is 40.5 Å². The van der Waals surface area contributed by atoms with Crippen molar-refractivity contribution in [2.24, 2.45) is 0 Å². The molecule has 1 nitrogen and oxygen atoms in total. The van der Waals surface area contributed by atoms with Crippen LogP contribution in [0.4, 0.5) is 10.1 Å². The predicted octanol–water partition coefficient (Wildman–Crippen LogP) is 3.03. The summed E-state index contributed by atoms with van der Waals surface area (Å²) in [6.07, 6.45) is 0. The van der Waals surface area contributed by atoms with Gasteiger partial charge in [-0.15, -0.1) is 0 Å². The van der Waals surface area contributed by atoms with Crippen LogP contribution < -0.4 is 0 Å². The summed E-state index contributed by atoms with van der Waals surface area (Å²) in [5.41, 5.74) is 0.281. The van der Waals surface area contributed by atoms with Gasteiger partial charge < -0.3 is 0 Å². The average molecular weight is 156 g/mol. The van der Waals surface area contributed by atoms with E-state index in [9.17, 15) is 4.39 Å². The molecule has 3 heteroatoms. The summed E-state index contributed by atoms with van der Waals surface area (Å²) in [5, 5.41) is 0.162. The van der Waals surface area contributed by atoms with Crippen LogP contribution in [0.15, 0.2) is 18.2 Å². The van der Waals surface area contributed by atoms with Gasteiger partial charge >= 0.3 is 0 Å².